The number of benzene rings is 2. The van der Waals surface area contributed by atoms with Crippen molar-refractivity contribution in [1.82, 2.24) is 4.98 Å². The first-order chi connectivity index (χ1) is 12.8. The van der Waals surface area contributed by atoms with Crippen LogP contribution in [0.15, 0.2) is 65.7 Å². The lowest BCUT2D eigenvalue weighted by Crippen LogP contribution is -2.17. The number of carbonyl (C=O) groups excluding carboxylic acids is 1. The number of rotatable bonds is 5. The van der Waals surface area contributed by atoms with Gasteiger partial charge in [-0.1, -0.05) is 53.5 Å². The van der Waals surface area contributed by atoms with Crippen LogP contribution in [0.3, 0.4) is 0 Å². The number of aryl methyl sites for hydroxylation is 1. The van der Waals surface area contributed by atoms with E-state index in [0.717, 1.165) is 5.56 Å². The summed E-state index contributed by atoms with van der Waals surface area (Å²) in [6.45, 7) is 1.79. The van der Waals surface area contributed by atoms with Crippen molar-refractivity contribution < 1.29 is 13.2 Å². The topological polar surface area (TPSA) is 76.1 Å². The van der Waals surface area contributed by atoms with E-state index in [1.807, 2.05) is 6.07 Å². The van der Waals surface area contributed by atoms with E-state index in [2.05, 4.69) is 9.71 Å². The van der Waals surface area contributed by atoms with Gasteiger partial charge < -0.3 is 0 Å². The molecule has 0 amide bonds. The molecule has 0 unspecified atom stereocenters. The number of anilines is 1. The molecule has 3 rings (SSSR count). The Morgan fingerprint density at radius 3 is 2.44 bits per heavy atom. The Morgan fingerprint density at radius 2 is 1.74 bits per heavy atom. The van der Waals surface area contributed by atoms with Crippen molar-refractivity contribution in [3.8, 4) is 0 Å². The molecule has 3 aromatic rings. The predicted octanol–water partition coefficient (Wildman–Crippen LogP) is 4.73. The van der Waals surface area contributed by atoms with Crippen LogP contribution < -0.4 is 4.72 Å². The molecule has 1 N–H and O–H groups in total. The normalized spacial score (nSPS) is 11.2. The highest BCUT2D eigenvalue weighted by Crippen LogP contribution is 2.26. The second-order valence-electron chi connectivity index (χ2n) is 5.76. The van der Waals surface area contributed by atoms with Crippen LogP contribution in [0.1, 0.15) is 21.6 Å². The molecule has 0 fully saturated rings. The van der Waals surface area contributed by atoms with Gasteiger partial charge in [-0.05, 0) is 36.8 Å². The first kappa shape index (κ1) is 19.4. The van der Waals surface area contributed by atoms with Gasteiger partial charge in [0.25, 0.3) is 10.0 Å². The van der Waals surface area contributed by atoms with Gasteiger partial charge in [0.05, 0.1) is 15.6 Å². The average molecular weight is 421 g/mol. The largest absolute Gasteiger partial charge is 0.287 e. The number of hydrogen-bond acceptors (Lipinski definition) is 4. The third kappa shape index (κ3) is 4.30. The molecule has 0 atom stereocenters. The van der Waals surface area contributed by atoms with Crippen LogP contribution in [0, 0.1) is 6.92 Å². The number of nitrogens with one attached hydrogen (secondary N) is 1. The van der Waals surface area contributed by atoms with Gasteiger partial charge in [0.15, 0.2) is 0 Å². The molecule has 138 valence electrons. The first-order valence-corrected chi connectivity index (χ1v) is 10.1. The summed E-state index contributed by atoms with van der Waals surface area (Å²) in [6, 6.07) is 14.1. The molecule has 1 heterocycles. The van der Waals surface area contributed by atoms with Crippen molar-refractivity contribution in [2.75, 3.05) is 4.72 Å². The second kappa shape index (κ2) is 7.68. The maximum Gasteiger partial charge on any atom is 0.262 e. The van der Waals surface area contributed by atoms with E-state index in [1.165, 1.54) is 30.5 Å². The van der Waals surface area contributed by atoms with Gasteiger partial charge in [-0.2, -0.15) is 0 Å². The molecule has 27 heavy (non-hydrogen) atoms. The van der Waals surface area contributed by atoms with Crippen molar-refractivity contribution in [2.45, 2.75) is 11.8 Å². The maximum absolute atomic E-state index is 12.9. The first-order valence-electron chi connectivity index (χ1n) is 7.82. The summed E-state index contributed by atoms with van der Waals surface area (Å²) in [7, 11) is -3.99. The molecular weight excluding hydrogens is 407 g/mol. The van der Waals surface area contributed by atoms with Crippen molar-refractivity contribution in [2.24, 2.45) is 0 Å². The van der Waals surface area contributed by atoms with Gasteiger partial charge in [0.2, 0.25) is 5.78 Å². The van der Waals surface area contributed by atoms with Gasteiger partial charge in [-0.15, -0.1) is 0 Å². The van der Waals surface area contributed by atoms with Crippen molar-refractivity contribution in [1.29, 1.82) is 0 Å². The zero-order chi connectivity index (χ0) is 19.6. The van der Waals surface area contributed by atoms with Gasteiger partial charge in [0, 0.05) is 16.8 Å². The van der Waals surface area contributed by atoms with Crippen LogP contribution in [0.5, 0.6) is 0 Å². The summed E-state index contributed by atoms with van der Waals surface area (Å²) < 4.78 is 27.8. The average Bonchev–Trinajstić information content (AvgIpc) is 2.61. The summed E-state index contributed by atoms with van der Waals surface area (Å²) in [5.74, 6) is -0.409. The highest BCUT2D eigenvalue weighted by atomic mass is 35.5. The van der Waals surface area contributed by atoms with E-state index >= 15 is 0 Å². The zero-order valence-corrected chi connectivity index (χ0v) is 16.4. The number of ketones is 1. The summed E-state index contributed by atoms with van der Waals surface area (Å²) in [5, 5.41) is 0.471. The number of nitrogens with zero attached hydrogens (tertiary/aromatic N) is 1. The van der Waals surface area contributed by atoms with E-state index in [9.17, 15) is 13.2 Å². The molecule has 2 aromatic carbocycles. The molecule has 1 aromatic heterocycles. The Hall–Kier alpha value is -2.41. The molecule has 5 nitrogen and oxygen atoms in total. The van der Waals surface area contributed by atoms with Crippen LogP contribution in [-0.4, -0.2) is 19.2 Å². The number of aromatic nitrogens is 1. The maximum atomic E-state index is 12.9. The minimum absolute atomic E-state index is 0.00396. The van der Waals surface area contributed by atoms with Crippen LogP contribution in [0.2, 0.25) is 10.0 Å². The third-order valence-corrected chi connectivity index (χ3v) is 5.61. The number of carbonyl (C=O) groups is 1. The van der Waals surface area contributed by atoms with Crippen molar-refractivity contribution in [3.05, 3.63) is 87.7 Å². The van der Waals surface area contributed by atoms with E-state index in [0.29, 0.717) is 5.56 Å². The monoisotopic (exact) mass is 420 g/mol. The molecular formula is C19H14Cl2N2O3S. The number of sulfonamides is 1. The number of hydrogen-bond donors (Lipinski definition) is 1. The van der Waals surface area contributed by atoms with E-state index in [-0.39, 0.29) is 26.3 Å². The predicted molar refractivity (Wildman–Crippen MR) is 106 cm³/mol. The van der Waals surface area contributed by atoms with Crippen LogP contribution in [-0.2, 0) is 10.0 Å². The summed E-state index contributed by atoms with van der Waals surface area (Å²) in [6.07, 6.45) is 1.30. The minimum atomic E-state index is -3.99. The zero-order valence-electron chi connectivity index (χ0n) is 14.1. The van der Waals surface area contributed by atoms with Crippen LogP contribution in [0.25, 0.3) is 0 Å². The van der Waals surface area contributed by atoms with Crippen molar-refractivity contribution in [3.63, 3.8) is 0 Å². The smallest absolute Gasteiger partial charge is 0.262 e. The molecule has 0 aliphatic rings. The fraction of sp³-hybridized carbons (Fsp3) is 0.0526. The number of pyridine rings is 1. The van der Waals surface area contributed by atoms with Gasteiger partial charge in [-0.3, -0.25) is 9.52 Å². The third-order valence-electron chi connectivity index (χ3n) is 3.81. The van der Waals surface area contributed by atoms with E-state index < -0.39 is 15.8 Å². The van der Waals surface area contributed by atoms with Gasteiger partial charge in [-0.25, -0.2) is 13.4 Å². The van der Waals surface area contributed by atoms with Crippen LogP contribution in [0.4, 0.5) is 5.69 Å². The lowest BCUT2D eigenvalue weighted by atomic mass is 10.0. The fourth-order valence-corrected chi connectivity index (χ4v) is 4.01. The molecule has 0 radical (unpaired) electrons. The van der Waals surface area contributed by atoms with Gasteiger partial charge in [0.1, 0.15) is 5.69 Å². The van der Waals surface area contributed by atoms with E-state index in [1.54, 1.807) is 31.2 Å². The fourth-order valence-electron chi connectivity index (χ4n) is 2.49. The minimum Gasteiger partial charge on any atom is -0.287 e. The second-order valence-corrected chi connectivity index (χ2v) is 8.31. The number of halogens is 2. The summed E-state index contributed by atoms with van der Waals surface area (Å²) in [5.41, 5.74) is 1.13. The molecule has 0 saturated carbocycles. The molecule has 0 spiro atoms. The Balaban J connectivity index is 2.05. The molecule has 0 saturated heterocycles. The molecule has 0 aliphatic carbocycles. The highest BCUT2D eigenvalue weighted by molar-refractivity contribution is 7.92. The Morgan fingerprint density at radius 1 is 1.00 bits per heavy atom. The molecule has 0 bridgehead atoms. The Bertz CT molecular complexity index is 1130. The summed E-state index contributed by atoms with van der Waals surface area (Å²) >= 11 is 11.8. The van der Waals surface area contributed by atoms with Crippen LogP contribution >= 0.6 is 23.2 Å². The summed E-state index contributed by atoms with van der Waals surface area (Å²) in [4.78, 5) is 16.9. The highest BCUT2D eigenvalue weighted by Gasteiger charge is 2.22. The SMILES string of the molecule is Cc1ccccc1C(=O)c1ncc(Cl)cc1NS(=O)(=O)c1cccc(Cl)c1. The van der Waals surface area contributed by atoms with Gasteiger partial charge >= 0.3 is 0 Å². The lowest BCUT2D eigenvalue weighted by molar-refractivity contribution is 0.103. The molecule has 8 heteroatoms. The van der Waals surface area contributed by atoms with E-state index in [4.69, 9.17) is 23.2 Å². The Labute approximate surface area is 167 Å². The standard InChI is InChI=1S/C19H14Cl2N2O3S/c1-12-5-2-3-8-16(12)19(24)18-17(10-14(21)11-22-18)23-27(25,26)15-7-4-6-13(20)9-15/h2-11,23H,1H3. The quantitative estimate of drug-likeness (QED) is 0.605. The Kier molecular flexibility index (Phi) is 5.51. The molecule has 0 aliphatic heterocycles. The van der Waals surface area contributed by atoms with Crippen molar-refractivity contribution >= 4 is 44.7 Å². The lowest BCUT2D eigenvalue weighted by Gasteiger charge is -2.13.